The number of nitrogens with zero attached hydrogens (tertiary/aromatic N) is 3. The molecule has 0 atom stereocenters. The lowest BCUT2D eigenvalue weighted by molar-refractivity contribution is -0.131. The van der Waals surface area contributed by atoms with Crippen LogP contribution < -0.4 is 0 Å². The number of hydrogen-bond donors (Lipinski definition) is 1. The van der Waals surface area contributed by atoms with Gasteiger partial charge in [-0.15, -0.1) is 0 Å². The topological polar surface area (TPSA) is 58.4 Å². The first-order valence-corrected chi connectivity index (χ1v) is 9.24. The Morgan fingerprint density at radius 3 is 2.79 bits per heavy atom. The SMILES string of the molecule is C=CC(=O)N1CC(n2cnc3ccc(-c4cc(O)cc5ccccc45)cc32)C1. The van der Waals surface area contributed by atoms with Crippen molar-refractivity contribution in [3.05, 3.63) is 73.6 Å². The first-order chi connectivity index (χ1) is 13.6. The second-order valence-electron chi connectivity index (χ2n) is 7.17. The maximum atomic E-state index is 11.7. The number of aromatic nitrogens is 2. The molecule has 0 spiro atoms. The van der Waals surface area contributed by atoms with Crippen molar-refractivity contribution >= 4 is 27.7 Å². The second kappa shape index (κ2) is 6.23. The Balaban J connectivity index is 1.58. The van der Waals surface area contributed by atoms with Gasteiger partial charge in [0.2, 0.25) is 5.91 Å². The van der Waals surface area contributed by atoms with Gasteiger partial charge in [-0.05, 0) is 52.2 Å². The van der Waals surface area contributed by atoms with Gasteiger partial charge < -0.3 is 14.6 Å². The molecule has 1 saturated heterocycles. The van der Waals surface area contributed by atoms with E-state index in [1.54, 1.807) is 17.0 Å². The normalized spacial score (nSPS) is 14.4. The van der Waals surface area contributed by atoms with Crippen LogP contribution in [0.2, 0.25) is 0 Å². The van der Waals surface area contributed by atoms with Crippen molar-refractivity contribution in [3.63, 3.8) is 0 Å². The van der Waals surface area contributed by atoms with Gasteiger partial charge in [-0.2, -0.15) is 0 Å². The van der Waals surface area contributed by atoms with Gasteiger partial charge in [-0.1, -0.05) is 36.9 Å². The molecule has 5 heteroatoms. The molecular formula is C23H19N3O2. The molecule has 1 aliphatic heterocycles. The van der Waals surface area contributed by atoms with E-state index >= 15 is 0 Å². The number of hydrogen-bond acceptors (Lipinski definition) is 3. The number of phenols is 1. The van der Waals surface area contributed by atoms with Crippen molar-refractivity contribution in [2.75, 3.05) is 13.1 Å². The lowest BCUT2D eigenvalue weighted by Gasteiger charge is -2.39. The highest BCUT2D eigenvalue weighted by Gasteiger charge is 2.31. The van der Waals surface area contributed by atoms with Crippen LogP contribution in [0.1, 0.15) is 6.04 Å². The highest BCUT2D eigenvalue weighted by molar-refractivity contribution is 5.99. The van der Waals surface area contributed by atoms with Crippen LogP contribution in [-0.2, 0) is 4.79 Å². The smallest absolute Gasteiger partial charge is 0.246 e. The molecule has 5 rings (SSSR count). The van der Waals surface area contributed by atoms with Crippen LogP contribution in [0.15, 0.2) is 73.6 Å². The Hall–Kier alpha value is -3.60. The number of imidazole rings is 1. The van der Waals surface area contributed by atoms with E-state index in [0.717, 1.165) is 32.9 Å². The minimum absolute atomic E-state index is 0.0346. The summed E-state index contributed by atoms with van der Waals surface area (Å²) in [5, 5.41) is 12.3. The second-order valence-corrected chi connectivity index (χ2v) is 7.17. The fourth-order valence-corrected chi connectivity index (χ4v) is 3.96. The predicted octanol–water partition coefficient (Wildman–Crippen LogP) is 4.13. The molecule has 0 unspecified atom stereocenters. The molecule has 1 N–H and O–H groups in total. The van der Waals surface area contributed by atoms with Crippen LogP contribution in [-0.4, -0.2) is 38.6 Å². The van der Waals surface area contributed by atoms with Crippen molar-refractivity contribution in [1.29, 1.82) is 0 Å². The number of carbonyl (C=O) groups is 1. The molecule has 3 aromatic carbocycles. The molecule has 2 heterocycles. The van der Waals surface area contributed by atoms with E-state index in [-0.39, 0.29) is 17.7 Å². The van der Waals surface area contributed by atoms with Gasteiger partial charge in [0.05, 0.1) is 23.4 Å². The van der Waals surface area contributed by atoms with Gasteiger partial charge in [-0.3, -0.25) is 4.79 Å². The Labute approximate surface area is 162 Å². The standard InChI is InChI=1S/C23H19N3O2/c1-2-23(28)25-12-17(13-25)26-14-24-21-8-7-16(10-22(21)26)20-11-18(27)9-15-5-3-4-6-19(15)20/h2-11,14,17,27H,1,12-13H2. The van der Waals surface area contributed by atoms with E-state index in [4.69, 9.17) is 0 Å². The first kappa shape index (κ1) is 16.6. The minimum atomic E-state index is -0.0346. The van der Waals surface area contributed by atoms with Gasteiger partial charge >= 0.3 is 0 Å². The lowest BCUT2D eigenvalue weighted by Crippen LogP contribution is -2.49. The third-order valence-corrected chi connectivity index (χ3v) is 5.47. The highest BCUT2D eigenvalue weighted by atomic mass is 16.3. The molecule has 138 valence electrons. The Morgan fingerprint density at radius 2 is 1.96 bits per heavy atom. The Bertz CT molecular complexity index is 1240. The quantitative estimate of drug-likeness (QED) is 0.553. The Morgan fingerprint density at radius 1 is 1.14 bits per heavy atom. The van der Waals surface area contributed by atoms with Crippen molar-refractivity contribution in [3.8, 4) is 16.9 Å². The number of phenolic OH excluding ortho intramolecular Hbond substituents is 1. The molecule has 1 amide bonds. The molecular weight excluding hydrogens is 350 g/mol. The summed E-state index contributed by atoms with van der Waals surface area (Å²) in [6.45, 7) is 4.87. The fourth-order valence-electron chi connectivity index (χ4n) is 3.96. The third kappa shape index (κ3) is 2.55. The van der Waals surface area contributed by atoms with Crippen molar-refractivity contribution in [2.45, 2.75) is 6.04 Å². The summed E-state index contributed by atoms with van der Waals surface area (Å²) in [5.41, 5.74) is 3.96. The zero-order valence-corrected chi connectivity index (χ0v) is 15.2. The van der Waals surface area contributed by atoms with E-state index < -0.39 is 0 Å². The molecule has 1 aliphatic rings. The summed E-state index contributed by atoms with van der Waals surface area (Å²) in [6, 6.07) is 18.0. The van der Waals surface area contributed by atoms with E-state index in [1.165, 1.54) is 6.08 Å². The number of benzene rings is 3. The molecule has 0 bridgehead atoms. The molecule has 1 fully saturated rings. The summed E-state index contributed by atoms with van der Waals surface area (Å²) in [4.78, 5) is 18.0. The van der Waals surface area contributed by atoms with Crippen molar-refractivity contribution in [1.82, 2.24) is 14.5 Å². The minimum Gasteiger partial charge on any atom is -0.508 e. The number of fused-ring (bicyclic) bond motifs is 2. The molecule has 0 saturated carbocycles. The van der Waals surface area contributed by atoms with Crippen LogP contribution >= 0.6 is 0 Å². The monoisotopic (exact) mass is 369 g/mol. The van der Waals surface area contributed by atoms with Crippen LogP contribution in [0.25, 0.3) is 32.9 Å². The van der Waals surface area contributed by atoms with E-state index in [1.807, 2.05) is 36.7 Å². The number of carbonyl (C=O) groups excluding carboxylic acids is 1. The maximum Gasteiger partial charge on any atom is 0.246 e. The van der Waals surface area contributed by atoms with E-state index in [2.05, 4.69) is 28.3 Å². The van der Waals surface area contributed by atoms with Crippen LogP contribution in [0.5, 0.6) is 5.75 Å². The predicted molar refractivity (Wildman–Crippen MR) is 110 cm³/mol. The van der Waals surface area contributed by atoms with Crippen LogP contribution in [0.4, 0.5) is 0 Å². The largest absolute Gasteiger partial charge is 0.508 e. The fraction of sp³-hybridized carbons (Fsp3) is 0.130. The third-order valence-electron chi connectivity index (χ3n) is 5.47. The summed E-state index contributed by atoms with van der Waals surface area (Å²) in [5.74, 6) is 0.215. The summed E-state index contributed by atoms with van der Waals surface area (Å²) < 4.78 is 2.14. The van der Waals surface area contributed by atoms with E-state index in [9.17, 15) is 9.90 Å². The van der Waals surface area contributed by atoms with Gasteiger partial charge in [0.25, 0.3) is 0 Å². The molecule has 0 aliphatic carbocycles. The average Bonchev–Trinajstić information content (AvgIpc) is 3.09. The average molecular weight is 369 g/mol. The maximum absolute atomic E-state index is 11.7. The van der Waals surface area contributed by atoms with Gasteiger partial charge in [-0.25, -0.2) is 4.98 Å². The van der Waals surface area contributed by atoms with Gasteiger partial charge in [0.15, 0.2) is 0 Å². The van der Waals surface area contributed by atoms with Gasteiger partial charge in [0.1, 0.15) is 5.75 Å². The number of likely N-dealkylation sites (tertiary alicyclic amines) is 1. The van der Waals surface area contributed by atoms with Crippen molar-refractivity contribution < 1.29 is 9.90 Å². The molecule has 5 nitrogen and oxygen atoms in total. The summed E-state index contributed by atoms with van der Waals surface area (Å²) in [7, 11) is 0. The molecule has 4 aromatic rings. The van der Waals surface area contributed by atoms with Crippen LogP contribution in [0, 0.1) is 0 Å². The molecule has 1 aromatic heterocycles. The highest BCUT2D eigenvalue weighted by Crippen LogP contribution is 2.35. The zero-order chi connectivity index (χ0) is 19.3. The number of aromatic hydroxyl groups is 1. The van der Waals surface area contributed by atoms with Crippen molar-refractivity contribution in [2.24, 2.45) is 0 Å². The number of amides is 1. The summed E-state index contributed by atoms with van der Waals surface area (Å²) >= 11 is 0. The lowest BCUT2D eigenvalue weighted by atomic mass is 9.97. The van der Waals surface area contributed by atoms with Crippen LogP contribution in [0.3, 0.4) is 0 Å². The first-order valence-electron chi connectivity index (χ1n) is 9.24. The molecule has 0 radical (unpaired) electrons. The van der Waals surface area contributed by atoms with E-state index in [0.29, 0.717) is 13.1 Å². The van der Waals surface area contributed by atoms with Gasteiger partial charge in [0, 0.05) is 13.1 Å². The Kier molecular flexibility index (Phi) is 3.69. The zero-order valence-electron chi connectivity index (χ0n) is 15.2. The molecule has 28 heavy (non-hydrogen) atoms. The summed E-state index contributed by atoms with van der Waals surface area (Å²) in [6.07, 6.45) is 3.20. The number of rotatable bonds is 3.